The number of nitrogens with zero attached hydrogens (tertiary/aromatic N) is 3. The van der Waals surface area contributed by atoms with E-state index in [1.807, 2.05) is 0 Å². The van der Waals surface area contributed by atoms with Crippen LogP contribution >= 0.6 is 0 Å². The summed E-state index contributed by atoms with van der Waals surface area (Å²) in [5.41, 5.74) is 5.63. The van der Waals surface area contributed by atoms with Gasteiger partial charge in [-0.05, 0) is 12.8 Å². The SMILES string of the molecule is CO[C@@H]1C[C@H](O)C12CCN(c1cc(N)ncn1)CC2. The quantitative estimate of drug-likeness (QED) is 0.805. The van der Waals surface area contributed by atoms with Crippen LogP contribution in [0.2, 0.25) is 0 Å². The molecule has 1 spiro atoms. The summed E-state index contributed by atoms with van der Waals surface area (Å²) in [6.07, 6.45) is 4.07. The van der Waals surface area contributed by atoms with Crippen molar-refractivity contribution in [3.63, 3.8) is 0 Å². The molecule has 0 bridgehead atoms. The highest BCUT2D eigenvalue weighted by molar-refractivity contribution is 5.46. The molecule has 6 heteroatoms. The molecule has 2 atom stereocenters. The van der Waals surface area contributed by atoms with Crippen LogP contribution in [0.4, 0.5) is 11.6 Å². The Kier molecular flexibility index (Phi) is 3.06. The summed E-state index contributed by atoms with van der Waals surface area (Å²) in [7, 11) is 1.73. The standard InChI is InChI=1S/C13H20N4O2/c1-19-10-6-9(18)13(10)2-4-17(5-3-13)12-7-11(14)15-8-16-12/h7-10,18H,2-6H2,1H3,(H2,14,15,16)/t9-,10+/m0/s1. The summed E-state index contributed by atoms with van der Waals surface area (Å²) in [4.78, 5) is 10.4. The number of hydrogen-bond acceptors (Lipinski definition) is 6. The second-order valence-electron chi connectivity index (χ2n) is 5.50. The van der Waals surface area contributed by atoms with E-state index in [1.54, 1.807) is 13.2 Å². The van der Waals surface area contributed by atoms with Crippen LogP contribution in [0.25, 0.3) is 0 Å². The van der Waals surface area contributed by atoms with E-state index in [0.29, 0.717) is 5.82 Å². The third-order valence-electron chi connectivity index (χ3n) is 4.72. The molecule has 1 aromatic rings. The molecule has 0 unspecified atom stereocenters. The molecular weight excluding hydrogens is 244 g/mol. The van der Waals surface area contributed by atoms with Crippen LogP contribution < -0.4 is 10.6 Å². The fraction of sp³-hybridized carbons (Fsp3) is 0.692. The smallest absolute Gasteiger partial charge is 0.134 e. The largest absolute Gasteiger partial charge is 0.392 e. The minimum atomic E-state index is -0.227. The van der Waals surface area contributed by atoms with Gasteiger partial charge in [0.1, 0.15) is 18.0 Å². The van der Waals surface area contributed by atoms with E-state index < -0.39 is 0 Å². The maximum Gasteiger partial charge on any atom is 0.134 e. The Hall–Kier alpha value is -1.40. The zero-order valence-corrected chi connectivity index (χ0v) is 11.1. The Morgan fingerprint density at radius 1 is 1.42 bits per heavy atom. The lowest BCUT2D eigenvalue weighted by Crippen LogP contribution is -2.62. The van der Waals surface area contributed by atoms with Crippen LogP contribution in [-0.2, 0) is 4.74 Å². The number of nitrogens with two attached hydrogens (primary N) is 1. The minimum absolute atomic E-state index is 0.0518. The molecule has 1 saturated carbocycles. The molecule has 0 aromatic carbocycles. The number of ether oxygens (including phenoxy) is 1. The third-order valence-corrected chi connectivity index (χ3v) is 4.72. The number of anilines is 2. The molecule has 2 fully saturated rings. The van der Waals surface area contributed by atoms with Crippen LogP contribution in [0, 0.1) is 5.41 Å². The van der Waals surface area contributed by atoms with Gasteiger partial charge < -0.3 is 20.5 Å². The summed E-state index contributed by atoms with van der Waals surface area (Å²) >= 11 is 0. The van der Waals surface area contributed by atoms with Gasteiger partial charge in [-0.2, -0.15) is 0 Å². The van der Waals surface area contributed by atoms with Crippen molar-refractivity contribution in [2.45, 2.75) is 31.5 Å². The van der Waals surface area contributed by atoms with Gasteiger partial charge >= 0.3 is 0 Å². The number of piperidine rings is 1. The van der Waals surface area contributed by atoms with E-state index in [9.17, 15) is 5.11 Å². The Balaban J connectivity index is 1.70. The molecule has 2 aliphatic rings. The Morgan fingerprint density at radius 2 is 2.16 bits per heavy atom. The predicted molar refractivity (Wildman–Crippen MR) is 71.7 cm³/mol. The fourth-order valence-corrected chi connectivity index (χ4v) is 3.40. The monoisotopic (exact) mass is 264 g/mol. The Bertz CT molecular complexity index is 460. The molecule has 19 heavy (non-hydrogen) atoms. The van der Waals surface area contributed by atoms with Gasteiger partial charge in [0, 0.05) is 38.1 Å². The molecular formula is C13H20N4O2. The van der Waals surface area contributed by atoms with E-state index in [4.69, 9.17) is 10.5 Å². The van der Waals surface area contributed by atoms with Crippen molar-refractivity contribution in [3.8, 4) is 0 Å². The first-order valence-electron chi connectivity index (χ1n) is 6.69. The normalized spacial score (nSPS) is 29.3. The van der Waals surface area contributed by atoms with Gasteiger partial charge in [0.25, 0.3) is 0 Å². The Labute approximate surface area is 112 Å². The summed E-state index contributed by atoms with van der Waals surface area (Å²) in [6, 6.07) is 1.79. The number of aromatic nitrogens is 2. The number of aliphatic hydroxyl groups is 1. The van der Waals surface area contributed by atoms with E-state index in [2.05, 4.69) is 14.9 Å². The highest BCUT2D eigenvalue weighted by Gasteiger charge is 2.55. The lowest BCUT2D eigenvalue weighted by Gasteiger charge is -2.56. The van der Waals surface area contributed by atoms with E-state index in [-0.39, 0.29) is 17.6 Å². The second kappa shape index (κ2) is 4.61. The average Bonchev–Trinajstić information content (AvgIpc) is 2.44. The van der Waals surface area contributed by atoms with E-state index >= 15 is 0 Å². The van der Waals surface area contributed by atoms with Gasteiger partial charge in [-0.15, -0.1) is 0 Å². The van der Waals surface area contributed by atoms with Crippen LogP contribution in [0.15, 0.2) is 12.4 Å². The summed E-state index contributed by atoms with van der Waals surface area (Å²) < 4.78 is 5.49. The number of nitrogen functional groups attached to an aromatic ring is 1. The maximum absolute atomic E-state index is 10.1. The van der Waals surface area contributed by atoms with Crippen molar-refractivity contribution in [1.29, 1.82) is 0 Å². The molecule has 104 valence electrons. The molecule has 0 radical (unpaired) electrons. The van der Waals surface area contributed by atoms with Gasteiger partial charge in [-0.25, -0.2) is 9.97 Å². The van der Waals surface area contributed by atoms with Crippen LogP contribution in [0.5, 0.6) is 0 Å². The molecule has 3 N–H and O–H groups in total. The number of rotatable bonds is 2. The van der Waals surface area contributed by atoms with E-state index in [1.165, 1.54) is 6.33 Å². The average molecular weight is 264 g/mol. The summed E-state index contributed by atoms with van der Waals surface area (Å²) in [5, 5.41) is 10.1. The van der Waals surface area contributed by atoms with Gasteiger partial charge in [0.05, 0.1) is 12.2 Å². The first-order valence-corrected chi connectivity index (χ1v) is 6.69. The number of hydrogen-bond donors (Lipinski definition) is 2. The molecule has 0 amide bonds. The van der Waals surface area contributed by atoms with Crippen LogP contribution in [0.3, 0.4) is 0 Å². The molecule has 3 rings (SSSR count). The van der Waals surface area contributed by atoms with Gasteiger partial charge in [-0.1, -0.05) is 0 Å². The predicted octanol–water partition coefficient (Wildman–Crippen LogP) is 0.425. The number of aliphatic hydroxyl groups excluding tert-OH is 1. The second-order valence-corrected chi connectivity index (χ2v) is 5.50. The zero-order valence-electron chi connectivity index (χ0n) is 11.1. The maximum atomic E-state index is 10.1. The van der Waals surface area contributed by atoms with Crippen LogP contribution in [-0.4, -0.2) is 47.5 Å². The first-order chi connectivity index (χ1) is 9.15. The molecule has 2 heterocycles. The summed E-state index contributed by atoms with van der Waals surface area (Å²) in [6.45, 7) is 1.74. The zero-order chi connectivity index (χ0) is 13.5. The minimum Gasteiger partial charge on any atom is -0.392 e. The molecule has 1 aliphatic heterocycles. The fourth-order valence-electron chi connectivity index (χ4n) is 3.40. The van der Waals surface area contributed by atoms with Crippen molar-refractivity contribution in [3.05, 3.63) is 12.4 Å². The molecule has 1 saturated heterocycles. The van der Waals surface area contributed by atoms with Gasteiger partial charge in [-0.3, -0.25) is 0 Å². The van der Waals surface area contributed by atoms with Gasteiger partial charge in [0.15, 0.2) is 0 Å². The summed E-state index contributed by atoms with van der Waals surface area (Å²) in [5.74, 6) is 1.36. The first kappa shape index (κ1) is 12.6. The number of methoxy groups -OCH3 is 1. The van der Waals surface area contributed by atoms with Crippen molar-refractivity contribution in [2.75, 3.05) is 30.8 Å². The van der Waals surface area contributed by atoms with Crippen molar-refractivity contribution >= 4 is 11.6 Å². The van der Waals surface area contributed by atoms with Crippen molar-refractivity contribution in [2.24, 2.45) is 5.41 Å². The topological polar surface area (TPSA) is 84.5 Å². The van der Waals surface area contributed by atoms with Crippen molar-refractivity contribution < 1.29 is 9.84 Å². The van der Waals surface area contributed by atoms with Crippen molar-refractivity contribution in [1.82, 2.24) is 9.97 Å². The Morgan fingerprint density at radius 3 is 2.74 bits per heavy atom. The lowest BCUT2D eigenvalue weighted by molar-refractivity contribution is -0.190. The molecule has 1 aliphatic carbocycles. The molecule has 6 nitrogen and oxygen atoms in total. The molecule has 1 aromatic heterocycles. The van der Waals surface area contributed by atoms with E-state index in [0.717, 1.165) is 38.2 Å². The van der Waals surface area contributed by atoms with Crippen LogP contribution in [0.1, 0.15) is 19.3 Å². The third kappa shape index (κ3) is 1.95. The lowest BCUT2D eigenvalue weighted by atomic mass is 9.58. The highest BCUT2D eigenvalue weighted by atomic mass is 16.5. The highest BCUT2D eigenvalue weighted by Crippen LogP contribution is 2.50. The van der Waals surface area contributed by atoms with Gasteiger partial charge in [0.2, 0.25) is 0 Å².